The van der Waals surface area contributed by atoms with Gasteiger partial charge >= 0.3 is 0 Å². The highest BCUT2D eigenvalue weighted by molar-refractivity contribution is 7.89. The highest BCUT2D eigenvalue weighted by Gasteiger charge is 2.28. The fourth-order valence-corrected chi connectivity index (χ4v) is 5.24. The molecule has 11 heteroatoms. The van der Waals surface area contributed by atoms with Crippen LogP contribution in [0.15, 0.2) is 53.4 Å². The van der Waals surface area contributed by atoms with E-state index < -0.39 is 16.1 Å². The second-order valence-electron chi connectivity index (χ2n) is 9.46. The van der Waals surface area contributed by atoms with Crippen molar-refractivity contribution in [1.29, 1.82) is 0 Å². The van der Waals surface area contributed by atoms with Gasteiger partial charge in [-0.1, -0.05) is 26.0 Å². The van der Waals surface area contributed by atoms with Crippen LogP contribution in [0.3, 0.4) is 0 Å². The minimum absolute atomic E-state index is 0.148. The van der Waals surface area contributed by atoms with Crippen molar-refractivity contribution in [2.45, 2.75) is 38.3 Å². The maximum absolute atomic E-state index is 13.2. The minimum Gasteiger partial charge on any atom is -0.497 e. The van der Waals surface area contributed by atoms with Gasteiger partial charge in [0.2, 0.25) is 15.9 Å². The lowest BCUT2D eigenvalue weighted by atomic mass is 10.1. The molecule has 1 atom stereocenters. The van der Waals surface area contributed by atoms with E-state index in [4.69, 9.17) is 14.2 Å². The quantitative estimate of drug-likeness (QED) is 0.434. The molecular weight excluding hydrogens is 510 g/mol. The zero-order valence-electron chi connectivity index (χ0n) is 22.4. The zero-order chi connectivity index (χ0) is 27.7. The van der Waals surface area contributed by atoms with Gasteiger partial charge in [-0.2, -0.15) is 4.31 Å². The Kier molecular flexibility index (Phi) is 10.5. The number of hydrogen-bond donors (Lipinski definition) is 1. The molecule has 0 bridgehead atoms. The number of nitrogens with one attached hydrogen (secondary N) is 1. The molecule has 2 amide bonds. The Hall–Kier alpha value is -3.15. The lowest BCUT2D eigenvalue weighted by Crippen LogP contribution is -2.49. The Morgan fingerprint density at radius 1 is 1.00 bits per heavy atom. The van der Waals surface area contributed by atoms with E-state index >= 15 is 0 Å². The number of rotatable bonds is 12. The molecule has 208 valence electrons. The van der Waals surface area contributed by atoms with Gasteiger partial charge in [0, 0.05) is 26.2 Å². The molecule has 2 aromatic carbocycles. The first-order valence-electron chi connectivity index (χ1n) is 12.6. The molecule has 0 aliphatic carbocycles. The van der Waals surface area contributed by atoms with E-state index in [1.807, 2.05) is 26.0 Å². The number of nitrogens with zero attached hydrogens (tertiary/aromatic N) is 2. The van der Waals surface area contributed by atoms with E-state index in [1.54, 1.807) is 26.2 Å². The van der Waals surface area contributed by atoms with Crippen molar-refractivity contribution in [3.8, 4) is 11.5 Å². The number of benzene rings is 2. The molecule has 0 spiro atoms. The van der Waals surface area contributed by atoms with E-state index in [-0.39, 0.29) is 35.8 Å². The van der Waals surface area contributed by atoms with Crippen LogP contribution in [-0.2, 0) is 30.9 Å². The summed E-state index contributed by atoms with van der Waals surface area (Å²) in [5.74, 6) is 0.684. The van der Waals surface area contributed by atoms with E-state index in [9.17, 15) is 18.0 Å². The highest BCUT2D eigenvalue weighted by atomic mass is 32.2. The first-order chi connectivity index (χ1) is 18.1. The Morgan fingerprint density at radius 2 is 1.61 bits per heavy atom. The second-order valence-corrected chi connectivity index (χ2v) is 11.4. The summed E-state index contributed by atoms with van der Waals surface area (Å²) in [5, 5.41) is 2.88. The van der Waals surface area contributed by atoms with Crippen LogP contribution in [0.2, 0.25) is 0 Å². The lowest BCUT2D eigenvalue weighted by Gasteiger charge is -2.29. The number of ether oxygens (including phenoxy) is 3. The first kappa shape index (κ1) is 29.4. The number of hydrogen-bond acceptors (Lipinski definition) is 7. The van der Waals surface area contributed by atoms with Crippen LogP contribution < -0.4 is 14.8 Å². The molecule has 1 aliphatic rings. The van der Waals surface area contributed by atoms with Gasteiger partial charge in [0.15, 0.2) is 6.61 Å². The summed E-state index contributed by atoms with van der Waals surface area (Å²) in [6, 6.07) is 12.5. The van der Waals surface area contributed by atoms with Crippen LogP contribution in [0.4, 0.5) is 0 Å². The van der Waals surface area contributed by atoms with Crippen LogP contribution >= 0.6 is 0 Å². The molecular formula is C27H37N3O7S. The second kappa shape index (κ2) is 13.6. The largest absolute Gasteiger partial charge is 0.497 e. The molecule has 0 aromatic heterocycles. The molecule has 1 N–H and O–H groups in total. The molecule has 0 radical (unpaired) electrons. The first-order valence-corrected chi connectivity index (χ1v) is 14.1. The predicted molar refractivity (Wildman–Crippen MR) is 142 cm³/mol. The Labute approximate surface area is 224 Å². The molecule has 1 aliphatic heterocycles. The number of amides is 2. The van der Waals surface area contributed by atoms with Crippen LogP contribution in [0, 0.1) is 5.92 Å². The number of morpholine rings is 1. The molecule has 0 saturated carbocycles. The summed E-state index contributed by atoms with van der Waals surface area (Å²) in [7, 11) is -2.05. The molecule has 38 heavy (non-hydrogen) atoms. The molecule has 2 aromatic rings. The monoisotopic (exact) mass is 547 g/mol. The standard InChI is InChI=1S/C27H37N3O7S/c1-20(2)17-28-27(32)21(3)30(18-22-5-7-23(35-4)8-6-22)26(31)19-37-24-9-11-25(12-10-24)38(33,34)29-13-15-36-16-14-29/h5-12,20-21H,13-19H2,1-4H3,(H,28,32)/t21-/m1/s1. The van der Waals surface area contributed by atoms with E-state index in [0.29, 0.717) is 44.3 Å². The van der Waals surface area contributed by atoms with Crippen molar-refractivity contribution in [1.82, 2.24) is 14.5 Å². The summed E-state index contributed by atoms with van der Waals surface area (Å²) >= 11 is 0. The molecule has 0 unspecified atom stereocenters. The number of methoxy groups -OCH3 is 1. The van der Waals surface area contributed by atoms with Crippen LogP contribution in [0.25, 0.3) is 0 Å². The van der Waals surface area contributed by atoms with Gasteiger partial charge in [0.05, 0.1) is 25.2 Å². The number of sulfonamides is 1. The van der Waals surface area contributed by atoms with Crippen molar-refractivity contribution in [3.05, 3.63) is 54.1 Å². The van der Waals surface area contributed by atoms with Gasteiger partial charge in [0.1, 0.15) is 17.5 Å². The third kappa shape index (κ3) is 7.92. The summed E-state index contributed by atoms with van der Waals surface area (Å²) in [5.41, 5.74) is 0.834. The highest BCUT2D eigenvalue weighted by Crippen LogP contribution is 2.21. The van der Waals surface area contributed by atoms with Crippen LogP contribution in [0.1, 0.15) is 26.3 Å². The maximum atomic E-state index is 13.2. The van der Waals surface area contributed by atoms with Crippen molar-refractivity contribution < 1.29 is 32.2 Å². The fourth-order valence-electron chi connectivity index (χ4n) is 3.83. The molecule has 1 heterocycles. The summed E-state index contributed by atoms with van der Waals surface area (Å²) in [6.07, 6.45) is 0. The van der Waals surface area contributed by atoms with E-state index in [1.165, 1.54) is 33.5 Å². The van der Waals surface area contributed by atoms with E-state index in [2.05, 4.69) is 5.32 Å². The van der Waals surface area contributed by atoms with Gasteiger partial charge in [-0.25, -0.2) is 8.42 Å². The molecule has 1 fully saturated rings. The van der Waals surface area contributed by atoms with Gasteiger partial charge in [-0.15, -0.1) is 0 Å². The predicted octanol–water partition coefficient (Wildman–Crippen LogP) is 2.28. The van der Waals surface area contributed by atoms with Crippen molar-refractivity contribution in [2.24, 2.45) is 5.92 Å². The van der Waals surface area contributed by atoms with Crippen molar-refractivity contribution in [2.75, 3.05) is 46.6 Å². The van der Waals surface area contributed by atoms with Gasteiger partial charge < -0.3 is 24.4 Å². The summed E-state index contributed by atoms with van der Waals surface area (Å²) < 4.78 is 43.2. The SMILES string of the molecule is COc1ccc(CN(C(=O)COc2ccc(S(=O)(=O)N3CCOCC3)cc2)[C@H](C)C(=O)NCC(C)C)cc1. The van der Waals surface area contributed by atoms with Crippen molar-refractivity contribution in [3.63, 3.8) is 0 Å². The van der Waals surface area contributed by atoms with Crippen molar-refractivity contribution >= 4 is 21.8 Å². The number of carbonyl (C=O) groups excluding carboxylic acids is 2. The van der Waals surface area contributed by atoms with Crippen LogP contribution in [-0.4, -0.2) is 82.0 Å². The fraction of sp³-hybridized carbons (Fsp3) is 0.481. The molecule has 3 rings (SSSR count). The van der Waals surface area contributed by atoms with Gasteiger partial charge in [0.25, 0.3) is 5.91 Å². The smallest absolute Gasteiger partial charge is 0.261 e. The topological polar surface area (TPSA) is 114 Å². The minimum atomic E-state index is -3.63. The van der Waals surface area contributed by atoms with Gasteiger partial charge in [-0.3, -0.25) is 9.59 Å². The maximum Gasteiger partial charge on any atom is 0.261 e. The third-order valence-electron chi connectivity index (χ3n) is 6.16. The number of carbonyl (C=O) groups is 2. The van der Waals surface area contributed by atoms with Gasteiger partial charge in [-0.05, 0) is 54.8 Å². The Morgan fingerprint density at radius 3 is 2.18 bits per heavy atom. The normalized spacial score (nSPS) is 15.1. The lowest BCUT2D eigenvalue weighted by molar-refractivity contribution is -0.142. The third-order valence-corrected chi connectivity index (χ3v) is 8.07. The Bertz CT molecular complexity index is 1160. The van der Waals surface area contributed by atoms with Crippen LogP contribution in [0.5, 0.6) is 11.5 Å². The average Bonchev–Trinajstić information content (AvgIpc) is 2.94. The Balaban J connectivity index is 1.68. The summed E-state index contributed by atoms with van der Waals surface area (Å²) in [6.45, 7) is 7.42. The van der Waals surface area contributed by atoms with E-state index in [0.717, 1.165) is 5.56 Å². The zero-order valence-corrected chi connectivity index (χ0v) is 23.2. The molecule has 10 nitrogen and oxygen atoms in total. The summed E-state index contributed by atoms with van der Waals surface area (Å²) in [4.78, 5) is 27.6. The average molecular weight is 548 g/mol. The molecule has 1 saturated heterocycles.